The van der Waals surface area contributed by atoms with Crippen LogP contribution in [0.1, 0.15) is 13.3 Å². The summed E-state index contributed by atoms with van der Waals surface area (Å²) in [6.45, 7) is 0.938. The Morgan fingerprint density at radius 3 is 2.60 bits per heavy atom. The molecule has 9 heteroatoms. The molecular weight excluding hydrogens is 350 g/mol. The number of nitrogens with one attached hydrogen (secondary N) is 3. The van der Waals surface area contributed by atoms with Crippen molar-refractivity contribution >= 4 is 34.0 Å². The Balaban J connectivity index is 1.64. The van der Waals surface area contributed by atoms with Crippen molar-refractivity contribution in [1.29, 1.82) is 0 Å². The second kappa shape index (κ2) is 6.85. The third-order valence-corrected chi connectivity index (χ3v) is 4.42. The number of halogens is 2. The Labute approximate surface area is 146 Å². The molecule has 2 amide bonds. The van der Waals surface area contributed by atoms with E-state index in [2.05, 4.69) is 20.9 Å². The van der Waals surface area contributed by atoms with Crippen LogP contribution in [0.15, 0.2) is 29.6 Å². The maximum Gasteiger partial charge on any atom is 0.262 e. The number of alkyl halides is 2. The number of nitrogens with zero attached hydrogens (tertiary/aromatic N) is 1. The minimum Gasteiger partial charge on any atom is -0.326 e. The molecule has 0 radical (unpaired) electrons. The Morgan fingerprint density at radius 1 is 1.28 bits per heavy atom. The lowest BCUT2D eigenvalue weighted by Crippen LogP contribution is -2.35. The summed E-state index contributed by atoms with van der Waals surface area (Å²) in [5.41, 5.74) is 2.14. The molecule has 132 valence electrons. The lowest BCUT2D eigenvalue weighted by atomic mass is 10.1. The smallest absolute Gasteiger partial charge is 0.262 e. The molecule has 0 aliphatic carbocycles. The largest absolute Gasteiger partial charge is 0.326 e. The Kier molecular flexibility index (Phi) is 4.78. The van der Waals surface area contributed by atoms with Crippen molar-refractivity contribution in [2.75, 3.05) is 17.2 Å². The first-order valence-corrected chi connectivity index (χ1v) is 8.46. The highest BCUT2D eigenvalue weighted by Crippen LogP contribution is 2.28. The molecule has 6 nitrogen and oxygen atoms in total. The number of aromatic nitrogens is 1. The lowest BCUT2D eigenvalue weighted by Gasteiger charge is -2.09. The molecule has 0 bridgehead atoms. The van der Waals surface area contributed by atoms with Gasteiger partial charge in [0.1, 0.15) is 0 Å². The van der Waals surface area contributed by atoms with Crippen LogP contribution in [0.2, 0.25) is 0 Å². The summed E-state index contributed by atoms with van der Waals surface area (Å²) in [5, 5.41) is 9.86. The van der Waals surface area contributed by atoms with Gasteiger partial charge in [-0.2, -0.15) is 0 Å². The third kappa shape index (κ3) is 4.37. The van der Waals surface area contributed by atoms with Gasteiger partial charge in [-0.15, -0.1) is 11.3 Å². The van der Waals surface area contributed by atoms with Gasteiger partial charge >= 0.3 is 0 Å². The maximum atomic E-state index is 13.1. The van der Waals surface area contributed by atoms with Gasteiger partial charge < -0.3 is 10.6 Å². The third-order valence-electron chi connectivity index (χ3n) is 3.66. The topological polar surface area (TPSA) is 83.1 Å². The van der Waals surface area contributed by atoms with Crippen molar-refractivity contribution < 1.29 is 18.4 Å². The molecule has 1 atom stereocenters. The monoisotopic (exact) mass is 366 g/mol. The zero-order valence-electron chi connectivity index (χ0n) is 13.3. The minimum atomic E-state index is -2.86. The lowest BCUT2D eigenvalue weighted by molar-refractivity contribution is -0.118. The van der Waals surface area contributed by atoms with Crippen molar-refractivity contribution in [3.8, 4) is 11.3 Å². The molecule has 0 spiro atoms. The maximum absolute atomic E-state index is 13.1. The molecule has 2 heterocycles. The number of benzene rings is 1. The molecule has 25 heavy (non-hydrogen) atoms. The number of amides is 2. The Morgan fingerprint density at radius 2 is 2.00 bits per heavy atom. The van der Waals surface area contributed by atoms with E-state index in [9.17, 15) is 18.4 Å². The van der Waals surface area contributed by atoms with E-state index in [4.69, 9.17) is 0 Å². The summed E-state index contributed by atoms with van der Waals surface area (Å²) in [6.07, 6.45) is -0.512. The first-order valence-electron chi connectivity index (χ1n) is 7.58. The highest BCUT2D eigenvalue weighted by Gasteiger charge is 2.42. The molecule has 0 saturated carbocycles. The van der Waals surface area contributed by atoms with Gasteiger partial charge in [0.2, 0.25) is 11.8 Å². The van der Waals surface area contributed by atoms with Gasteiger partial charge in [-0.1, -0.05) is 12.1 Å². The summed E-state index contributed by atoms with van der Waals surface area (Å²) < 4.78 is 26.3. The second-order valence-electron chi connectivity index (χ2n) is 5.78. The van der Waals surface area contributed by atoms with E-state index in [-0.39, 0.29) is 5.91 Å². The van der Waals surface area contributed by atoms with Gasteiger partial charge in [-0.25, -0.2) is 13.8 Å². The summed E-state index contributed by atoms with van der Waals surface area (Å²) >= 11 is 1.22. The second-order valence-corrected chi connectivity index (χ2v) is 6.64. The first kappa shape index (κ1) is 17.4. The zero-order chi connectivity index (χ0) is 18.0. The van der Waals surface area contributed by atoms with Crippen LogP contribution < -0.4 is 16.0 Å². The SMILES string of the molecule is CC(=O)Nc1ccc(-c2csc(NC(=O)C3CC(F)(F)CN3)n2)cc1. The molecule has 2 aromatic rings. The molecule has 1 aliphatic heterocycles. The minimum absolute atomic E-state index is 0.155. The van der Waals surface area contributed by atoms with Gasteiger partial charge in [0.25, 0.3) is 5.92 Å². The molecule has 1 unspecified atom stereocenters. The van der Waals surface area contributed by atoms with E-state index >= 15 is 0 Å². The van der Waals surface area contributed by atoms with Gasteiger partial charge in [0.05, 0.1) is 18.3 Å². The molecule has 3 N–H and O–H groups in total. The Hall–Kier alpha value is -2.39. The number of carbonyl (C=O) groups excluding carboxylic acids is 2. The molecule has 1 aromatic heterocycles. The van der Waals surface area contributed by atoms with Crippen LogP contribution in [0, 0.1) is 0 Å². The molecule has 1 saturated heterocycles. The quantitative estimate of drug-likeness (QED) is 0.777. The first-order chi connectivity index (χ1) is 11.8. The van der Waals surface area contributed by atoms with Gasteiger partial charge in [0.15, 0.2) is 5.13 Å². The standard InChI is InChI=1S/C16H16F2N4O2S/c1-9(23)20-11-4-2-10(3-5-11)13-7-25-15(21-13)22-14(24)12-6-16(17,18)8-19-12/h2-5,7,12,19H,6,8H2,1H3,(H,20,23)(H,21,22,24). The average molecular weight is 366 g/mol. The van der Waals surface area contributed by atoms with Crippen molar-refractivity contribution in [2.24, 2.45) is 0 Å². The highest BCUT2D eigenvalue weighted by atomic mass is 32.1. The van der Waals surface area contributed by atoms with Gasteiger partial charge in [0, 0.05) is 30.0 Å². The number of hydrogen-bond donors (Lipinski definition) is 3. The van der Waals surface area contributed by atoms with Gasteiger partial charge in [-0.05, 0) is 12.1 Å². The number of rotatable bonds is 4. The zero-order valence-corrected chi connectivity index (χ0v) is 14.1. The fourth-order valence-electron chi connectivity index (χ4n) is 2.48. The normalized spacial score (nSPS) is 18.8. The number of carbonyl (C=O) groups is 2. The molecule has 1 fully saturated rings. The fourth-order valence-corrected chi connectivity index (χ4v) is 3.21. The summed E-state index contributed by atoms with van der Waals surface area (Å²) in [4.78, 5) is 27.3. The van der Waals surface area contributed by atoms with Crippen LogP contribution in [0.25, 0.3) is 11.3 Å². The highest BCUT2D eigenvalue weighted by molar-refractivity contribution is 7.14. The van der Waals surface area contributed by atoms with E-state index in [1.54, 1.807) is 29.6 Å². The van der Waals surface area contributed by atoms with E-state index in [1.165, 1.54) is 18.3 Å². The number of anilines is 2. The average Bonchev–Trinajstić information content (AvgIpc) is 3.14. The van der Waals surface area contributed by atoms with Crippen LogP contribution in [0.4, 0.5) is 19.6 Å². The van der Waals surface area contributed by atoms with Crippen molar-refractivity contribution in [2.45, 2.75) is 25.3 Å². The van der Waals surface area contributed by atoms with Crippen molar-refractivity contribution in [1.82, 2.24) is 10.3 Å². The van der Waals surface area contributed by atoms with Crippen LogP contribution in [-0.4, -0.2) is 35.3 Å². The fraction of sp³-hybridized carbons (Fsp3) is 0.312. The Bertz CT molecular complexity index is 792. The van der Waals surface area contributed by atoms with E-state index < -0.39 is 30.8 Å². The van der Waals surface area contributed by atoms with Crippen molar-refractivity contribution in [3.05, 3.63) is 29.6 Å². The van der Waals surface area contributed by atoms with Crippen LogP contribution >= 0.6 is 11.3 Å². The summed E-state index contributed by atoms with van der Waals surface area (Å²) in [6, 6.07) is 6.17. The predicted octanol–water partition coefficient (Wildman–Crippen LogP) is 2.70. The molecule has 1 aromatic carbocycles. The van der Waals surface area contributed by atoms with E-state index in [0.29, 0.717) is 16.5 Å². The van der Waals surface area contributed by atoms with Crippen LogP contribution in [0.3, 0.4) is 0 Å². The van der Waals surface area contributed by atoms with Crippen molar-refractivity contribution in [3.63, 3.8) is 0 Å². The van der Waals surface area contributed by atoms with Crippen LogP contribution in [-0.2, 0) is 9.59 Å². The van der Waals surface area contributed by atoms with E-state index in [0.717, 1.165) is 5.56 Å². The molecule has 3 rings (SSSR count). The van der Waals surface area contributed by atoms with Crippen LogP contribution in [0.5, 0.6) is 0 Å². The van der Waals surface area contributed by atoms with E-state index in [1.807, 2.05) is 0 Å². The number of hydrogen-bond acceptors (Lipinski definition) is 5. The van der Waals surface area contributed by atoms with Gasteiger partial charge in [-0.3, -0.25) is 14.9 Å². The molecular formula is C16H16F2N4O2S. The predicted molar refractivity (Wildman–Crippen MR) is 91.8 cm³/mol. The number of thiazole rings is 1. The molecule has 1 aliphatic rings. The summed E-state index contributed by atoms with van der Waals surface area (Å²) in [5.74, 6) is -3.53. The summed E-state index contributed by atoms with van der Waals surface area (Å²) in [7, 11) is 0.